The van der Waals surface area contributed by atoms with Crippen LogP contribution in [0.4, 0.5) is 4.79 Å². The Bertz CT molecular complexity index is 296. The van der Waals surface area contributed by atoms with Crippen molar-refractivity contribution in [2.45, 2.75) is 6.10 Å². The Morgan fingerprint density at radius 1 is 1.54 bits per heavy atom. The molecule has 0 radical (unpaired) electrons. The van der Waals surface area contributed by atoms with E-state index in [4.69, 9.17) is 10.5 Å². The van der Waals surface area contributed by atoms with Crippen molar-refractivity contribution in [2.75, 3.05) is 18.1 Å². The highest BCUT2D eigenvalue weighted by atomic mass is 16.6. The summed E-state index contributed by atoms with van der Waals surface area (Å²) in [4.78, 5) is 11.3. The van der Waals surface area contributed by atoms with E-state index >= 15 is 0 Å². The minimum atomic E-state index is -0.341. The van der Waals surface area contributed by atoms with Crippen molar-refractivity contribution in [3.8, 4) is 0 Å². The second-order valence-corrected chi connectivity index (χ2v) is 2.89. The molecule has 1 fully saturated rings. The van der Waals surface area contributed by atoms with E-state index in [0.717, 1.165) is 0 Å². The Morgan fingerprint density at radius 3 is 2.77 bits per heavy atom. The van der Waals surface area contributed by atoms with Crippen molar-refractivity contribution in [3.63, 3.8) is 0 Å². The quantitative estimate of drug-likeness (QED) is 0.693. The van der Waals surface area contributed by atoms with Gasteiger partial charge in [-0.2, -0.15) is 0 Å². The Labute approximate surface area is 75.6 Å². The molecule has 2 N–H and O–H groups in total. The molecule has 1 aromatic heterocycles. The molecule has 0 aliphatic carbocycles. The van der Waals surface area contributed by atoms with Crippen molar-refractivity contribution >= 4 is 6.09 Å². The fourth-order valence-electron chi connectivity index (χ4n) is 1.31. The molecular weight excluding hydrogens is 170 g/mol. The lowest BCUT2D eigenvalue weighted by atomic mass is 10.4. The van der Waals surface area contributed by atoms with Gasteiger partial charge >= 0.3 is 6.09 Å². The molecule has 0 aromatic carbocycles. The summed E-state index contributed by atoms with van der Waals surface area (Å²) in [5, 5.41) is 1.51. The average Bonchev–Trinajstić information content (AvgIpc) is 2.72. The van der Waals surface area contributed by atoms with Gasteiger partial charge in [0.15, 0.2) is 0 Å². The largest absolute Gasteiger partial charge is 0.442 e. The number of ether oxygens (including phenoxy) is 1. The zero-order valence-electron chi connectivity index (χ0n) is 7.09. The number of amides is 1. The summed E-state index contributed by atoms with van der Waals surface area (Å²) in [6, 6.07) is 3.70. The first kappa shape index (κ1) is 8.12. The van der Waals surface area contributed by atoms with Crippen LogP contribution >= 0.6 is 0 Å². The summed E-state index contributed by atoms with van der Waals surface area (Å²) in [7, 11) is 0. The number of carbonyl (C=O) groups excluding carboxylic acids is 1. The van der Waals surface area contributed by atoms with Crippen molar-refractivity contribution in [3.05, 3.63) is 24.5 Å². The van der Waals surface area contributed by atoms with Crippen LogP contribution in [0.3, 0.4) is 0 Å². The zero-order valence-corrected chi connectivity index (χ0v) is 7.09. The predicted molar refractivity (Wildman–Crippen MR) is 46.8 cm³/mol. The van der Waals surface area contributed by atoms with E-state index < -0.39 is 0 Å². The third-order valence-corrected chi connectivity index (χ3v) is 1.99. The molecule has 13 heavy (non-hydrogen) atoms. The average molecular weight is 181 g/mol. The molecule has 1 aromatic rings. The minimum absolute atomic E-state index is 0.185. The summed E-state index contributed by atoms with van der Waals surface area (Å²) in [5.41, 5.74) is 5.40. The number of aromatic nitrogens is 1. The fraction of sp³-hybridized carbons (Fsp3) is 0.375. The number of cyclic esters (lactones) is 1. The third kappa shape index (κ3) is 1.38. The topological polar surface area (TPSA) is 60.5 Å². The number of carbonyl (C=O) groups is 1. The van der Waals surface area contributed by atoms with Gasteiger partial charge in [0.05, 0.1) is 6.54 Å². The van der Waals surface area contributed by atoms with Crippen LogP contribution in [-0.4, -0.2) is 30.0 Å². The van der Waals surface area contributed by atoms with E-state index in [1.807, 2.05) is 12.1 Å². The molecule has 1 saturated heterocycles. The molecule has 2 heterocycles. The number of nitrogens with zero attached hydrogens (tertiary/aromatic N) is 2. The molecule has 1 atom stereocenters. The van der Waals surface area contributed by atoms with Crippen LogP contribution in [-0.2, 0) is 4.74 Å². The monoisotopic (exact) mass is 181 g/mol. The fourth-order valence-corrected chi connectivity index (χ4v) is 1.31. The van der Waals surface area contributed by atoms with E-state index in [-0.39, 0.29) is 12.2 Å². The molecular formula is C8H11N3O2. The van der Waals surface area contributed by atoms with Crippen molar-refractivity contribution in [1.82, 2.24) is 4.68 Å². The zero-order chi connectivity index (χ0) is 9.26. The van der Waals surface area contributed by atoms with Gasteiger partial charge in [-0.1, -0.05) is 0 Å². The van der Waals surface area contributed by atoms with E-state index in [1.165, 1.54) is 5.01 Å². The van der Waals surface area contributed by atoms with Crippen LogP contribution in [0.1, 0.15) is 0 Å². The Morgan fingerprint density at radius 2 is 2.23 bits per heavy atom. The molecule has 1 aliphatic heterocycles. The first-order valence-corrected chi connectivity index (χ1v) is 4.12. The van der Waals surface area contributed by atoms with Gasteiger partial charge in [0.25, 0.3) is 0 Å². The van der Waals surface area contributed by atoms with Crippen LogP contribution in [0.2, 0.25) is 0 Å². The normalized spacial score (nSPS) is 22.1. The molecule has 1 amide bonds. The standard InChI is InChI=1S/C8H11N3O2/c9-5-7-6-11(8(12)13-7)10-3-1-2-4-10/h1-4,7H,5-6,9H2/t7-/m0/s1. The maximum absolute atomic E-state index is 11.3. The van der Waals surface area contributed by atoms with E-state index in [0.29, 0.717) is 13.1 Å². The van der Waals surface area contributed by atoms with Gasteiger partial charge in [-0.15, -0.1) is 0 Å². The van der Waals surface area contributed by atoms with Crippen LogP contribution in [0.5, 0.6) is 0 Å². The lowest BCUT2D eigenvalue weighted by molar-refractivity contribution is 0.144. The summed E-state index contributed by atoms with van der Waals surface area (Å²) in [5.74, 6) is 0. The minimum Gasteiger partial charge on any atom is -0.442 e. The van der Waals surface area contributed by atoms with E-state index in [2.05, 4.69) is 0 Å². The van der Waals surface area contributed by atoms with Crippen LogP contribution in [0, 0.1) is 0 Å². The predicted octanol–water partition coefficient (Wildman–Crippen LogP) is -0.0964. The molecule has 0 spiro atoms. The number of hydrogen-bond acceptors (Lipinski definition) is 3. The van der Waals surface area contributed by atoms with Gasteiger partial charge in [-0.25, -0.2) is 9.80 Å². The molecule has 70 valence electrons. The number of hydrogen-bond donors (Lipinski definition) is 1. The van der Waals surface area contributed by atoms with Crippen molar-refractivity contribution in [1.29, 1.82) is 0 Å². The van der Waals surface area contributed by atoms with Crippen LogP contribution < -0.4 is 10.7 Å². The van der Waals surface area contributed by atoms with Gasteiger partial charge < -0.3 is 10.5 Å². The SMILES string of the molecule is NC[C@H]1CN(n2cccc2)C(=O)O1. The van der Waals surface area contributed by atoms with Crippen molar-refractivity contribution in [2.24, 2.45) is 5.73 Å². The third-order valence-electron chi connectivity index (χ3n) is 1.99. The molecule has 5 heteroatoms. The summed E-state index contributed by atoms with van der Waals surface area (Å²) < 4.78 is 6.68. The Balaban J connectivity index is 2.14. The second kappa shape index (κ2) is 3.10. The smallest absolute Gasteiger partial charge is 0.429 e. The molecule has 2 rings (SSSR count). The van der Waals surface area contributed by atoms with Crippen LogP contribution in [0.15, 0.2) is 24.5 Å². The van der Waals surface area contributed by atoms with Crippen LogP contribution in [0.25, 0.3) is 0 Å². The van der Waals surface area contributed by atoms with Gasteiger partial charge in [0, 0.05) is 18.9 Å². The first-order chi connectivity index (χ1) is 6.31. The first-order valence-electron chi connectivity index (χ1n) is 4.12. The van der Waals surface area contributed by atoms with Gasteiger partial charge in [0.1, 0.15) is 6.10 Å². The molecule has 1 aliphatic rings. The highest BCUT2D eigenvalue weighted by molar-refractivity contribution is 5.80. The second-order valence-electron chi connectivity index (χ2n) is 2.89. The summed E-state index contributed by atoms with van der Waals surface area (Å²) in [6.45, 7) is 0.882. The molecule has 5 nitrogen and oxygen atoms in total. The van der Waals surface area contributed by atoms with Gasteiger partial charge in [-0.3, -0.25) is 4.68 Å². The van der Waals surface area contributed by atoms with Gasteiger partial charge in [0.2, 0.25) is 0 Å². The van der Waals surface area contributed by atoms with Gasteiger partial charge in [-0.05, 0) is 12.1 Å². The lowest BCUT2D eigenvalue weighted by Crippen LogP contribution is -2.35. The molecule has 0 saturated carbocycles. The molecule has 0 bridgehead atoms. The number of rotatable bonds is 2. The highest BCUT2D eigenvalue weighted by Crippen LogP contribution is 2.09. The number of nitrogens with two attached hydrogens (primary N) is 1. The maximum atomic E-state index is 11.3. The van der Waals surface area contributed by atoms with Crippen molar-refractivity contribution < 1.29 is 9.53 Å². The van der Waals surface area contributed by atoms with E-state index in [9.17, 15) is 4.79 Å². The lowest BCUT2D eigenvalue weighted by Gasteiger charge is -2.13. The summed E-state index contributed by atoms with van der Waals surface area (Å²) in [6.07, 6.45) is 3.06. The Kier molecular flexibility index (Phi) is 1.94. The molecule has 0 unspecified atom stereocenters. The van der Waals surface area contributed by atoms with E-state index in [1.54, 1.807) is 17.1 Å². The Hall–Kier alpha value is -1.49. The summed E-state index contributed by atoms with van der Waals surface area (Å²) >= 11 is 0. The maximum Gasteiger partial charge on any atom is 0.429 e. The highest BCUT2D eigenvalue weighted by Gasteiger charge is 2.30.